The lowest BCUT2D eigenvalue weighted by Gasteiger charge is -2.46. The van der Waals surface area contributed by atoms with Gasteiger partial charge >= 0.3 is 0 Å². The highest BCUT2D eigenvalue weighted by Crippen LogP contribution is 2.34. The molecule has 0 aliphatic carbocycles. The van der Waals surface area contributed by atoms with Crippen molar-refractivity contribution in [3.05, 3.63) is 125 Å². The first-order chi connectivity index (χ1) is 51.7. The van der Waals surface area contributed by atoms with Gasteiger partial charge in [-0.3, -0.25) is 38.8 Å². The van der Waals surface area contributed by atoms with E-state index in [4.69, 9.17) is 49.4 Å². The number of aliphatic imine (C=N–C) groups is 2. The molecule has 24 N–H and O–H groups in total. The highest BCUT2D eigenvalue weighted by molar-refractivity contribution is 5.98. The molecule has 0 bridgehead atoms. The van der Waals surface area contributed by atoms with Gasteiger partial charge in [0.15, 0.2) is 35.9 Å². The molecule has 6 amide bonds. The van der Waals surface area contributed by atoms with Crippen LogP contribution in [0.4, 0.5) is 0 Å². The van der Waals surface area contributed by atoms with Gasteiger partial charge in [0.1, 0.15) is 128 Å². The van der Waals surface area contributed by atoms with Crippen molar-refractivity contribution in [2.24, 2.45) is 21.5 Å². The zero-order valence-corrected chi connectivity index (χ0v) is 58.3. The number of nitrogens with zero attached hydrogens (tertiary/aromatic N) is 3. The summed E-state index contributed by atoms with van der Waals surface area (Å²) in [5, 5.41) is 161. The van der Waals surface area contributed by atoms with Crippen LogP contribution in [-0.4, -0.2) is 318 Å². The molecule has 0 spiro atoms. The second kappa shape index (κ2) is 36.9. The van der Waals surface area contributed by atoms with Crippen LogP contribution in [0.1, 0.15) is 35.1 Å². The molecule has 0 aromatic heterocycles. The third-order valence-corrected chi connectivity index (χ3v) is 19.4. The molecule has 6 aliphatic rings. The van der Waals surface area contributed by atoms with Crippen LogP contribution in [0, 0.1) is 0 Å². The molecule has 4 aromatic carbocycles. The predicted molar refractivity (Wildman–Crippen MR) is 369 cm³/mol. The summed E-state index contributed by atoms with van der Waals surface area (Å²) in [5.41, 5.74) is 14.4. The van der Waals surface area contributed by atoms with Crippen LogP contribution >= 0.6 is 0 Å². The first-order valence-electron chi connectivity index (χ1n) is 34.6. The molecule has 0 unspecified atom stereocenters. The van der Waals surface area contributed by atoms with E-state index >= 15 is 9.59 Å². The van der Waals surface area contributed by atoms with E-state index in [0.29, 0.717) is 22.6 Å². The molecule has 4 aromatic rings. The maximum absolute atomic E-state index is 15.2. The number of hydrogen-bond acceptors (Lipinski definition) is 33. The molecular weight excluding hydrogens is 1430 g/mol. The van der Waals surface area contributed by atoms with Crippen molar-refractivity contribution in [1.29, 1.82) is 0 Å². The van der Waals surface area contributed by atoms with Gasteiger partial charge in [0, 0.05) is 12.3 Å². The van der Waals surface area contributed by atoms with Gasteiger partial charge < -0.3 is 158 Å². The number of aliphatic hydroxyl groups excluding tert-OH is 13. The minimum absolute atomic E-state index is 0.0487. The maximum Gasteiger partial charge on any atom is 0.246 e. The normalized spacial score (nSPS) is 33.4. The fourth-order valence-corrected chi connectivity index (χ4v) is 13.1. The number of carbonyl (C=O) groups excluding carboxylic acids is 6. The molecule has 6 heterocycles. The fraction of sp³-hybridized carbons (Fsp3) is 0.536. The number of nitrogens with two attached hydrogens (primary N) is 2. The van der Waals surface area contributed by atoms with Gasteiger partial charge in [-0.25, -0.2) is 0 Å². The number of nitrogens with one attached hydrogen (secondary N) is 7. The zero-order chi connectivity index (χ0) is 77.8. The lowest BCUT2D eigenvalue weighted by Crippen LogP contribution is -2.70. The number of ether oxygens (including phenoxy) is 8. The molecule has 39 heteroatoms. The van der Waals surface area contributed by atoms with Crippen molar-refractivity contribution in [3.63, 3.8) is 0 Å². The second-order valence-electron chi connectivity index (χ2n) is 26.7. The first kappa shape index (κ1) is 81.4. The van der Waals surface area contributed by atoms with Gasteiger partial charge in [-0.05, 0) is 46.5 Å². The predicted octanol–water partition coefficient (Wildman–Crippen LogP) is -9.80. The van der Waals surface area contributed by atoms with Crippen LogP contribution in [0.5, 0.6) is 17.2 Å². The third-order valence-electron chi connectivity index (χ3n) is 19.4. The van der Waals surface area contributed by atoms with Crippen LogP contribution in [0.25, 0.3) is 0 Å². The summed E-state index contributed by atoms with van der Waals surface area (Å²) in [6.07, 6.45) is -31.8. The highest BCUT2D eigenvalue weighted by atomic mass is 16.7. The molecular formula is C69H92N12O27. The summed E-state index contributed by atoms with van der Waals surface area (Å²) in [6, 6.07) is 15.3. The van der Waals surface area contributed by atoms with Gasteiger partial charge in [0.2, 0.25) is 41.7 Å². The fourth-order valence-electron chi connectivity index (χ4n) is 13.1. The van der Waals surface area contributed by atoms with Crippen molar-refractivity contribution in [2.75, 3.05) is 53.2 Å². The topological polar surface area (TPSA) is 603 Å². The minimum atomic E-state index is -2.36. The average molecular weight is 1520 g/mol. The van der Waals surface area contributed by atoms with Crippen LogP contribution in [0.15, 0.2) is 113 Å². The molecule has 10 rings (SSSR count). The van der Waals surface area contributed by atoms with Crippen molar-refractivity contribution in [1.82, 2.24) is 42.1 Å². The van der Waals surface area contributed by atoms with Gasteiger partial charge in [0.05, 0.1) is 71.9 Å². The van der Waals surface area contributed by atoms with E-state index in [1.807, 2.05) is 30.3 Å². The van der Waals surface area contributed by atoms with E-state index in [1.54, 1.807) is 55.5 Å². The summed E-state index contributed by atoms with van der Waals surface area (Å²) in [7, 11) is 1.49. The van der Waals surface area contributed by atoms with Crippen molar-refractivity contribution < 1.29 is 133 Å². The Hall–Kier alpha value is -9.08. The lowest BCUT2D eigenvalue weighted by molar-refractivity contribution is -0.353. The quantitative estimate of drug-likeness (QED) is 0.0310. The highest BCUT2D eigenvalue weighted by Gasteiger charge is 2.54. The molecule has 4 fully saturated rings. The van der Waals surface area contributed by atoms with Crippen LogP contribution in [0.2, 0.25) is 0 Å². The van der Waals surface area contributed by atoms with Crippen LogP contribution in [-0.2, 0) is 72.1 Å². The summed E-state index contributed by atoms with van der Waals surface area (Å²) in [6.45, 7) is -3.36. The van der Waals surface area contributed by atoms with Crippen molar-refractivity contribution >= 4 is 47.4 Å². The first-order valence-corrected chi connectivity index (χ1v) is 34.6. The molecule has 25 atom stereocenters. The summed E-state index contributed by atoms with van der Waals surface area (Å²) in [5.74, 6) is -8.16. The van der Waals surface area contributed by atoms with Crippen molar-refractivity contribution in [2.45, 2.75) is 179 Å². The summed E-state index contributed by atoms with van der Waals surface area (Å²) in [4.78, 5) is 96.8. The number of amides is 6. The average Bonchev–Trinajstić information content (AvgIpc) is 1.71. The molecule has 108 heavy (non-hydrogen) atoms. The Kier molecular flexibility index (Phi) is 27.8. The Morgan fingerprint density at radius 1 is 0.556 bits per heavy atom. The number of hydrogen-bond donors (Lipinski definition) is 22. The Balaban J connectivity index is 0.875. The minimum Gasteiger partial charge on any atom is -0.493 e. The number of guanidine groups is 2. The van der Waals surface area contributed by atoms with E-state index in [-0.39, 0.29) is 43.6 Å². The number of aliphatic hydroxyl groups is 13. The lowest BCUT2D eigenvalue weighted by atomic mass is 9.92. The zero-order valence-electron chi connectivity index (χ0n) is 58.3. The summed E-state index contributed by atoms with van der Waals surface area (Å²) < 4.78 is 46.7. The Morgan fingerprint density at radius 3 is 1.83 bits per heavy atom. The largest absolute Gasteiger partial charge is 0.493 e. The van der Waals surface area contributed by atoms with E-state index < -0.39 is 233 Å². The standard InChI is InChI=1S/C69H92N12O27/c1-30(34-11-7-4-8-12-34)46-62(98)75-36(19-31-13-16-35(17-14-31)104-66-58(95)55(92)59(43(26-84)106-66)108-67-57(94)54(91)52(89)44(107-67)29-102-27-33-15-18-40(101-2)41(20-33)103-28-32-9-5-3-6-10-32)61(97)79-47(49(86)37-21-73-68(70)77-37)64(100)80-48(63(99)76-38(24-82)60(96)72-23-45(85)78-46)50(87)39-22-74-69(71)81(39)65-56(93)53(90)51(88)42(25-83)105-65/h3-18,20,30,36-39,42-44,46-59,65-67,82-84,86-95H,19,21-29H2,1-2H3,(H2,71,74)(H,72,96)(H,75,98)(H,76,99)(H,78,85)(H,79,97)(H,80,100)(H3,70,73,77)/t30-,36+,37-,38-,39-,42+,43+,44+,46-,47-,48+,49-,50-,51+,52+,53-,54-,55+,56-,57-,58-,59+,65-,66-,67+/m0/s1. The van der Waals surface area contributed by atoms with Gasteiger partial charge in [-0.1, -0.05) is 85.8 Å². The number of carbonyl (C=O) groups is 6. The van der Waals surface area contributed by atoms with Crippen LogP contribution < -0.4 is 62.9 Å². The molecule has 0 saturated carbocycles. The molecule has 0 radical (unpaired) electrons. The van der Waals surface area contributed by atoms with Crippen LogP contribution in [0.3, 0.4) is 0 Å². The van der Waals surface area contributed by atoms with E-state index in [9.17, 15) is 85.6 Å². The Morgan fingerprint density at radius 2 is 1.17 bits per heavy atom. The SMILES string of the molecule is COc1ccc(COC[C@H]2O[C@H](O[C@H]3[C@H](O)[C@H](O)[C@@H](Oc4ccc(C[C@H]5NC(=O)[C@H]([C@@H](C)c6ccccc6)NC(=O)CNC(=O)[C@H](CO)NC(=O)[C@@H]([C@@H](O)[C@@H]6CN=C(N)N6[C@H]6O[C@H](CO)[C@@H](O)[C@H](O)[C@@H]6O)NC(=O)[C@H]([C@@H](O)[C@@H]6CN=C(N)N6)NC5=O)cc4)O[C@@H]3CO)[C@@H](O)[C@@H](O)[C@@H]2O)cc1OCc1ccccc1. The van der Waals surface area contributed by atoms with Gasteiger partial charge in [-0.15, -0.1) is 0 Å². The monoisotopic (exact) mass is 1520 g/mol. The van der Waals surface area contributed by atoms with E-state index in [0.717, 1.165) is 10.5 Å². The number of methoxy groups -OCH3 is 1. The maximum atomic E-state index is 15.2. The molecule has 6 aliphatic heterocycles. The Labute approximate surface area is 616 Å². The molecule has 39 nitrogen and oxygen atoms in total. The molecule has 4 saturated heterocycles. The van der Waals surface area contributed by atoms with E-state index in [2.05, 4.69) is 47.2 Å². The third kappa shape index (κ3) is 19.1. The summed E-state index contributed by atoms with van der Waals surface area (Å²) >= 11 is 0. The van der Waals surface area contributed by atoms with Gasteiger partial charge in [0.25, 0.3) is 0 Å². The van der Waals surface area contributed by atoms with E-state index in [1.165, 1.54) is 31.4 Å². The second-order valence-corrected chi connectivity index (χ2v) is 26.7. The number of benzene rings is 4. The number of rotatable bonds is 24. The Bertz CT molecular complexity index is 3760. The van der Waals surface area contributed by atoms with Crippen molar-refractivity contribution in [3.8, 4) is 17.2 Å². The smallest absolute Gasteiger partial charge is 0.246 e. The molecule has 590 valence electrons. The van der Waals surface area contributed by atoms with Gasteiger partial charge in [-0.2, -0.15) is 0 Å².